The molecule has 0 amide bonds. The highest BCUT2D eigenvalue weighted by atomic mass is 32.2. The fourth-order valence-electron chi connectivity index (χ4n) is 7.56. The van der Waals surface area contributed by atoms with Gasteiger partial charge < -0.3 is 4.74 Å². The van der Waals surface area contributed by atoms with E-state index in [4.69, 9.17) is 4.74 Å². The Morgan fingerprint density at radius 2 is 1.81 bits per heavy atom. The summed E-state index contributed by atoms with van der Waals surface area (Å²) in [5.41, 5.74) is 5.07. The Hall–Kier alpha value is -3.86. The van der Waals surface area contributed by atoms with Crippen LogP contribution in [-0.2, 0) is 32.8 Å². The molecule has 0 spiro atoms. The van der Waals surface area contributed by atoms with Gasteiger partial charge in [0.05, 0.1) is 29.2 Å². The van der Waals surface area contributed by atoms with Crippen LogP contribution in [0.1, 0.15) is 35.1 Å². The van der Waals surface area contributed by atoms with E-state index in [1.165, 1.54) is 23.0 Å². The van der Waals surface area contributed by atoms with Crippen LogP contribution < -0.4 is 0 Å². The van der Waals surface area contributed by atoms with E-state index >= 15 is 0 Å². The Labute approximate surface area is 250 Å². The Balaban J connectivity index is 1.37. The van der Waals surface area contributed by atoms with Gasteiger partial charge in [-0.25, -0.2) is 17.5 Å². The first-order valence-electron chi connectivity index (χ1n) is 14.4. The van der Waals surface area contributed by atoms with Crippen LogP contribution in [0.2, 0.25) is 0 Å². The number of nitrogens with zero attached hydrogens (tertiary/aromatic N) is 5. The van der Waals surface area contributed by atoms with Crippen LogP contribution in [0, 0.1) is 25.6 Å². The van der Waals surface area contributed by atoms with Crippen molar-refractivity contribution in [2.75, 3.05) is 20.2 Å². The maximum absolute atomic E-state index is 13.9. The smallest absolute Gasteiger partial charge is 0.246 e. The summed E-state index contributed by atoms with van der Waals surface area (Å²) in [5, 5.41) is 9.71. The molecule has 5 aromatic rings. The summed E-state index contributed by atoms with van der Waals surface area (Å²) in [4.78, 5) is 0.203. The summed E-state index contributed by atoms with van der Waals surface area (Å²) >= 11 is 0. The van der Waals surface area contributed by atoms with E-state index in [0.717, 1.165) is 38.8 Å². The largest absolute Gasteiger partial charge is 0.373 e. The van der Waals surface area contributed by atoms with Gasteiger partial charge in [0.15, 0.2) is 0 Å². The normalized spacial score (nSPS) is 24.2. The van der Waals surface area contributed by atoms with Crippen LogP contribution in [0.4, 0.5) is 4.39 Å². The zero-order valence-electron chi connectivity index (χ0n) is 24.7. The van der Waals surface area contributed by atoms with Gasteiger partial charge >= 0.3 is 0 Å². The van der Waals surface area contributed by atoms with Gasteiger partial charge in [-0.15, -0.1) is 0 Å². The molecule has 222 valence electrons. The lowest BCUT2D eigenvalue weighted by atomic mass is 9.72. The predicted molar refractivity (Wildman–Crippen MR) is 162 cm³/mol. The van der Waals surface area contributed by atoms with Gasteiger partial charge in [0.25, 0.3) is 0 Å². The van der Waals surface area contributed by atoms with Crippen LogP contribution in [0.5, 0.6) is 0 Å². The third-order valence-electron chi connectivity index (χ3n) is 9.62. The average Bonchev–Trinajstić information content (AvgIpc) is 3.75. The van der Waals surface area contributed by atoms with Crippen molar-refractivity contribution in [3.63, 3.8) is 0 Å². The fourth-order valence-corrected chi connectivity index (χ4v) is 9.10. The molecule has 8 nitrogen and oxygen atoms in total. The number of hydrogen-bond donors (Lipinski definition) is 0. The van der Waals surface area contributed by atoms with Crippen molar-refractivity contribution in [2.24, 2.45) is 13.0 Å². The number of aromatic nitrogens is 4. The predicted octanol–water partition coefficient (Wildman–Crippen LogP) is 5.41. The minimum atomic E-state index is -3.75. The third kappa shape index (κ3) is 4.34. The molecule has 10 heteroatoms. The quantitative estimate of drug-likeness (QED) is 0.261. The molecule has 0 bridgehead atoms. The standard InChI is InChI=1S/C33H34FN5O3S/c1-22-6-5-7-25(12-22)33(42-4)15-26-18-38(43(40,41)29-17-35-37(3)19-29)21-32(26,20-33)30-14-24-16-36-39(31(24)13-23(30)2)28-10-8-27(34)9-11-28/h5-14,16-17,19,26H,15,18,20-21H2,1-4H3. The first-order chi connectivity index (χ1) is 20.5. The summed E-state index contributed by atoms with van der Waals surface area (Å²) < 4.78 is 52.8. The van der Waals surface area contributed by atoms with E-state index in [1.807, 2.05) is 10.9 Å². The molecule has 1 aliphatic heterocycles. The molecule has 43 heavy (non-hydrogen) atoms. The zero-order chi connectivity index (χ0) is 30.1. The van der Waals surface area contributed by atoms with Crippen molar-refractivity contribution >= 4 is 20.9 Å². The van der Waals surface area contributed by atoms with Gasteiger partial charge in [-0.2, -0.15) is 14.5 Å². The molecule has 1 saturated heterocycles. The summed E-state index contributed by atoms with van der Waals surface area (Å²) in [6, 6.07) is 19.0. The minimum absolute atomic E-state index is 0.0164. The van der Waals surface area contributed by atoms with E-state index in [2.05, 4.69) is 60.4 Å². The molecule has 0 N–H and O–H groups in total. The molecule has 0 radical (unpaired) electrons. The Morgan fingerprint density at radius 3 is 2.51 bits per heavy atom. The van der Waals surface area contributed by atoms with Crippen LogP contribution in [0.25, 0.3) is 16.6 Å². The lowest BCUT2D eigenvalue weighted by molar-refractivity contribution is -0.0183. The third-order valence-corrected chi connectivity index (χ3v) is 11.4. The lowest BCUT2D eigenvalue weighted by Gasteiger charge is -2.35. The SMILES string of the molecule is COC1(c2cccc(C)c2)CC2CN(S(=O)(=O)c3cnn(C)c3)CC2(c2cc3cnn(-c4ccc(F)cc4)c3cc2C)C1. The number of methoxy groups -OCH3 is 1. The number of ether oxygens (including phenoxy) is 1. The van der Waals surface area contributed by atoms with Crippen molar-refractivity contribution in [3.05, 3.63) is 107 Å². The van der Waals surface area contributed by atoms with Crippen LogP contribution in [0.15, 0.2) is 84.1 Å². The number of rotatable bonds is 6. The molecule has 2 fully saturated rings. The van der Waals surface area contributed by atoms with Crippen LogP contribution in [-0.4, -0.2) is 52.5 Å². The van der Waals surface area contributed by atoms with Crippen molar-refractivity contribution < 1.29 is 17.5 Å². The molecule has 3 aromatic carbocycles. The molecule has 2 aliphatic rings. The molecule has 3 heterocycles. The van der Waals surface area contributed by atoms with E-state index in [0.29, 0.717) is 25.9 Å². The second kappa shape index (κ2) is 9.83. The minimum Gasteiger partial charge on any atom is -0.373 e. The topological polar surface area (TPSA) is 82.2 Å². The summed E-state index contributed by atoms with van der Waals surface area (Å²) in [6.45, 7) is 4.89. The van der Waals surface area contributed by atoms with Gasteiger partial charge in [-0.05, 0) is 85.7 Å². The number of fused-ring (bicyclic) bond motifs is 2. The molecule has 2 aromatic heterocycles. The molecule has 7 rings (SSSR count). The summed E-state index contributed by atoms with van der Waals surface area (Å²) in [5.74, 6) is -0.282. The number of hydrogen-bond acceptors (Lipinski definition) is 5. The Kier molecular flexibility index (Phi) is 6.39. The highest BCUT2D eigenvalue weighted by molar-refractivity contribution is 7.89. The van der Waals surface area contributed by atoms with Crippen LogP contribution >= 0.6 is 0 Å². The van der Waals surface area contributed by atoms with Crippen LogP contribution in [0.3, 0.4) is 0 Å². The highest BCUT2D eigenvalue weighted by Gasteiger charge is 2.62. The van der Waals surface area contributed by atoms with E-state index < -0.39 is 21.0 Å². The fraction of sp³-hybridized carbons (Fsp3) is 0.333. The van der Waals surface area contributed by atoms with E-state index in [-0.39, 0.29) is 16.6 Å². The van der Waals surface area contributed by atoms with Gasteiger partial charge in [0.2, 0.25) is 10.0 Å². The first kappa shape index (κ1) is 27.9. The maximum atomic E-state index is 13.9. The highest BCUT2D eigenvalue weighted by Crippen LogP contribution is 2.60. The molecule has 3 atom stereocenters. The number of halogens is 1. The average molecular weight is 600 g/mol. The molecule has 1 aliphatic carbocycles. The van der Waals surface area contributed by atoms with E-state index in [1.54, 1.807) is 36.8 Å². The second-order valence-electron chi connectivity index (χ2n) is 12.2. The summed E-state index contributed by atoms with van der Waals surface area (Å²) in [7, 11) is -0.261. The van der Waals surface area contributed by atoms with Gasteiger partial charge in [-0.1, -0.05) is 29.8 Å². The maximum Gasteiger partial charge on any atom is 0.246 e. The Bertz CT molecular complexity index is 1970. The van der Waals surface area contributed by atoms with Gasteiger partial charge in [0, 0.05) is 44.2 Å². The molecule has 1 saturated carbocycles. The van der Waals surface area contributed by atoms with E-state index in [9.17, 15) is 12.8 Å². The monoisotopic (exact) mass is 599 g/mol. The molecular formula is C33H34FN5O3S. The number of aryl methyl sites for hydroxylation is 3. The van der Waals surface area contributed by atoms with Gasteiger partial charge in [-0.3, -0.25) is 4.68 Å². The van der Waals surface area contributed by atoms with Crippen molar-refractivity contribution in [1.82, 2.24) is 23.9 Å². The molecule has 3 unspecified atom stereocenters. The van der Waals surface area contributed by atoms with Crippen molar-refractivity contribution in [1.29, 1.82) is 0 Å². The number of benzene rings is 3. The second-order valence-corrected chi connectivity index (χ2v) is 14.1. The Morgan fingerprint density at radius 1 is 1.02 bits per heavy atom. The summed E-state index contributed by atoms with van der Waals surface area (Å²) in [6.07, 6.45) is 6.14. The first-order valence-corrected chi connectivity index (χ1v) is 15.8. The lowest BCUT2D eigenvalue weighted by Crippen LogP contribution is -2.38. The molecular weight excluding hydrogens is 565 g/mol. The zero-order valence-corrected chi connectivity index (χ0v) is 25.5. The van der Waals surface area contributed by atoms with Crippen molar-refractivity contribution in [3.8, 4) is 5.69 Å². The van der Waals surface area contributed by atoms with Crippen molar-refractivity contribution in [2.45, 2.75) is 42.6 Å². The number of sulfonamides is 1. The van der Waals surface area contributed by atoms with Gasteiger partial charge in [0.1, 0.15) is 10.7 Å².